The van der Waals surface area contributed by atoms with Crippen LogP contribution in [0.3, 0.4) is 0 Å². The minimum absolute atomic E-state index is 0.0880. The SMILES string of the molecule is CCCC1OC(=O)C(C)CC(C)CCCCCCCCC(C)C=CC=C(COC)CCC(O)C(O)CC(O)CNC1=O. The molecule has 42 heavy (non-hydrogen) atoms. The van der Waals surface area contributed by atoms with Gasteiger partial charge in [0, 0.05) is 20.1 Å². The Balaban J connectivity index is 2.86. The van der Waals surface area contributed by atoms with E-state index in [0.29, 0.717) is 44.1 Å². The van der Waals surface area contributed by atoms with Crippen LogP contribution in [0.15, 0.2) is 23.8 Å². The monoisotopic (exact) mass is 595 g/mol. The zero-order chi connectivity index (χ0) is 31.3. The Hall–Kier alpha value is -1.74. The Labute approximate surface area is 255 Å². The van der Waals surface area contributed by atoms with Gasteiger partial charge in [0.05, 0.1) is 30.8 Å². The number of β-amino-alcohol motifs (C(OH)–C–C–N with tert-alkyl or cyclic N) is 1. The van der Waals surface area contributed by atoms with Gasteiger partial charge >= 0.3 is 5.97 Å². The molecule has 0 saturated carbocycles. The van der Waals surface area contributed by atoms with Crippen molar-refractivity contribution in [3.05, 3.63) is 23.8 Å². The van der Waals surface area contributed by atoms with Crippen LogP contribution in [-0.2, 0) is 19.1 Å². The maximum Gasteiger partial charge on any atom is 0.309 e. The first kappa shape index (κ1) is 38.3. The van der Waals surface area contributed by atoms with E-state index in [-0.39, 0.29) is 24.9 Å². The van der Waals surface area contributed by atoms with Crippen LogP contribution in [0.4, 0.5) is 0 Å². The lowest BCUT2D eigenvalue weighted by Crippen LogP contribution is -2.43. The largest absolute Gasteiger partial charge is 0.452 e. The third kappa shape index (κ3) is 17.4. The van der Waals surface area contributed by atoms with Gasteiger partial charge in [-0.05, 0) is 49.5 Å². The van der Waals surface area contributed by atoms with Gasteiger partial charge in [-0.15, -0.1) is 0 Å². The highest BCUT2D eigenvalue weighted by atomic mass is 16.5. The van der Waals surface area contributed by atoms with Crippen molar-refractivity contribution in [2.24, 2.45) is 17.8 Å². The van der Waals surface area contributed by atoms with Gasteiger partial charge < -0.3 is 30.1 Å². The van der Waals surface area contributed by atoms with Crippen molar-refractivity contribution in [3.8, 4) is 0 Å². The first-order chi connectivity index (χ1) is 20.1. The van der Waals surface area contributed by atoms with Gasteiger partial charge in [0.2, 0.25) is 0 Å². The highest BCUT2D eigenvalue weighted by Crippen LogP contribution is 2.22. The second-order valence-electron chi connectivity index (χ2n) is 12.6. The van der Waals surface area contributed by atoms with Crippen molar-refractivity contribution in [1.29, 1.82) is 0 Å². The molecule has 1 aliphatic heterocycles. The number of esters is 1. The number of carbonyl (C=O) groups excluding carboxylic acids is 2. The van der Waals surface area contributed by atoms with E-state index in [9.17, 15) is 24.9 Å². The molecule has 0 spiro atoms. The number of aliphatic hydroxyl groups excluding tert-OH is 3. The zero-order valence-corrected chi connectivity index (χ0v) is 27.1. The van der Waals surface area contributed by atoms with Gasteiger partial charge in [-0.2, -0.15) is 0 Å². The summed E-state index contributed by atoms with van der Waals surface area (Å²) in [5.74, 6) is -0.228. The van der Waals surface area contributed by atoms with Gasteiger partial charge in [0.1, 0.15) is 0 Å². The molecule has 0 bridgehead atoms. The van der Waals surface area contributed by atoms with Crippen LogP contribution in [0.5, 0.6) is 0 Å². The summed E-state index contributed by atoms with van der Waals surface area (Å²) in [5.41, 5.74) is 1.02. The Bertz CT molecular complexity index is 799. The molecule has 0 saturated heterocycles. The normalized spacial score (nSPS) is 31.7. The Morgan fingerprint density at radius 1 is 0.929 bits per heavy atom. The second kappa shape index (κ2) is 22.8. The third-order valence-corrected chi connectivity index (χ3v) is 8.20. The minimum atomic E-state index is -1.14. The summed E-state index contributed by atoms with van der Waals surface area (Å²) in [6.45, 7) is 8.52. The predicted octanol–water partition coefficient (Wildman–Crippen LogP) is 5.63. The van der Waals surface area contributed by atoms with E-state index in [0.717, 1.165) is 31.3 Å². The number of cyclic esters (lactones) is 1. The molecule has 0 aromatic carbocycles. The third-order valence-electron chi connectivity index (χ3n) is 8.20. The Kier molecular flexibility index (Phi) is 20.7. The fourth-order valence-electron chi connectivity index (χ4n) is 5.49. The molecular weight excluding hydrogens is 534 g/mol. The molecule has 1 heterocycles. The summed E-state index contributed by atoms with van der Waals surface area (Å²) in [6.07, 6.45) is 14.3. The van der Waals surface area contributed by atoms with Crippen LogP contribution >= 0.6 is 0 Å². The number of carbonyl (C=O) groups is 2. The van der Waals surface area contributed by atoms with Crippen LogP contribution in [-0.4, -0.2) is 71.9 Å². The second-order valence-corrected chi connectivity index (χ2v) is 12.6. The highest BCUT2D eigenvalue weighted by Gasteiger charge is 2.27. The average Bonchev–Trinajstić information content (AvgIpc) is 2.94. The zero-order valence-electron chi connectivity index (χ0n) is 27.1. The van der Waals surface area contributed by atoms with Gasteiger partial charge in [0.15, 0.2) is 6.10 Å². The number of hydrogen-bond donors (Lipinski definition) is 4. The molecule has 244 valence electrons. The molecule has 0 aliphatic carbocycles. The number of rotatable bonds is 4. The van der Waals surface area contributed by atoms with Crippen LogP contribution in [0, 0.1) is 17.8 Å². The molecule has 0 aromatic rings. The van der Waals surface area contributed by atoms with E-state index in [1.807, 2.05) is 19.9 Å². The Morgan fingerprint density at radius 3 is 2.26 bits per heavy atom. The predicted molar refractivity (Wildman–Crippen MR) is 168 cm³/mol. The summed E-state index contributed by atoms with van der Waals surface area (Å²) in [7, 11) is 1.63. The van der Waals surface area contributed by atoms with Gasteiger partial charge in [-0.25, -0.2) is 0 Å². The molecule has 1 amide bonds. The smallest absolute Gasteiger partial charge is 0.309 e. The summed E-state index contributed by atoms with van der Waals surface area (Å²) < 4.78 is 10.9. The van der Waals surface area contributed by atoms with Crippen molar-refractivity contribution in [2.75, 3.05) is 20.3 Å². The summed E-state index contributed by atoms with van der Waals surface area (Å²) in [6, 6.07) is 0. The maximum atomic E-state index is 12.8. The number of aliphatic hydroxyl groups is 3. The van der Waals surface area contributed by atoms with Crippen molar-refractivity contribution in [3.63, 3.8) is 0 Å². The number of allylic oxidation sites excluding steroid dienone is 3. The van der Waals surface area contributed by atoms with Crippen molar-refractivity contribution in [1.82, 2.24) is 5.32 Å². The lowest BCUT2D eigenvalue weighted by molar-refractivity contribution is -0.160. The number of amides is 1. The lowest BCUT2D eigenvalue weighted by atomic mass is 9.92. The number of ether oxygens (including phenoxy) is 2. The topological polar surface area (TPSA) is 125 Å². The van der Waals surface area contributed by atoms with Gasteiger partial charge in [-0.3, -0.25) is 9.59 Å². The molecule has 1 aliphatic rings. The van der Waals surface area contributed by atoms with E-state index < -0.39 is 30.3 Å². The molecule has 0 aromatic heterocycles. The molecule has 0 fully saturated rings. The molecular formula is C34H61NO7. The van der Waals surface area contributed by atoms with Crippen LogP contribution in [0.1, 0.15) is 118 Å². The fraction of sp³-hybridized carbons (Fsp3) is 0.824. The molecule has 8 heteroatoms. The molecule has 8 nitrogen and oxygen atoms in total. The lowest BCUT2D eigenvalue weighted by Gasteiger charge is -2.23. The van der Waals surface area contributed by atoms with E-state index >= 15 is 0 Å². The summed E-state index contributed by atoms with van der Waals surface area (Å²) >= 11 is 0. The van der Waals surface area contributed by atoms with Gasteiger partial charge in [-0.1, -0.05) is 97.3 Å². The highest BCUT2D eigenvalue weighted by molar-refractivity contribution is 5.84. The van der Waals surface area contributed by atoms with E-state index in [4.69, 9.17) is 9.47 Å². The minimum Gasteiger partial charge on any atom is -0.452 e. The molecule has 4 N–H and O–H groups in total. The quantitative estimate of drug-likeness (QED) is 0.311. The van der Waals surface area contributed by atoms with E-state index in [2.05, 4.69) is 31.3 Å². The number of nitrogens with one attached hydrogen (secondary N) is 1. The van der Waals surface area contributed by atoms with Crippen LogP contribution < -0.4 is 5.32 Å². The standard InChI is InChI=1S/C34H61NO7/c1-6-14-32-33(39)35-23-29(36)22-31(38)30(37)20-19-28(24-41-5)18-13-17-25(2)15-11-9-7-8-10-12-16-26(3)21-27(4)34(40)42-32/h13,17-18,25-27,29-32,36-38H,6-12,14-16,19-24H2,1-5H3,(H,35,39). The van der Waals surface area contributed by atoms with Crippen molar-refractivity contribution < 1.29 is 34.4 Å². The van der Waals surface area contributed by atoms with Crippen molar-refractivity contribution >= 4 is 11.9 Å². The van der Waals surface area contributed by atoms with Crippen LogP contribution in [0.2, 0.25) is 0 Å². The van der Waals surface area contributed by atoms with E-state index in [1.165, 1.54) is 32.1 Å². The molecule has 7 atom stereocenters. The number of hydrogen-bond acceptors (Lipinski definition) is 7. The first-order valence-corrected chi connectivity index (χ1v) is 16.4. The summed E-state index contributed by atoms with van der Waals surface area (Å²) in [4.78, 5) is 25.6. The van der Waals surface area contributed by atoms with E-state index in [1.54, 1.807) is 7.11 Å². The van der Waals surface area contributed by atoms with Crippen LogP contribution in [0.25, 0.3) is 0 Å². The molecule has 1 rings (SSSR count). The number of methoxy groups -OCH3 is 1. The Morgan fingerprint density at radius 2 is 1.60 bits per heavy atom. The van der Waals surface area contributed by atoms with Gasteiger partial charge in [0.25, 0.3) is 5.91 Å². The maximum absolute atomic E-state index is 12.8. The van der Waals surface area contributed by atoms with Crippen molar-refractivity contribution in [2.45, 2.75) is 142 Å². The first-order valence-electron chi connectivity index (χ1n) is 16.4. The molecule has 7 unspecified atom stereocenters. The molecule has 0 radical (unpaired) electrons. The fourth-order valence-corrected chi connectivity index (χ4v) is 5.49. The summed E-state index contributed by atoms with van der Waals surface area (Å²) in [5, 5.41) is 34.1. The average molecular weight is 596 g/mol.